The van der Waals surface area contributed by atoms with E-state index in [9.17, 15) is 0 Å². The third-order valence-corrected chi connectivity index (χ3v) is 3.79. The van der Waals surface area contributed by atoms with Crippen LogP contribution in [0.15, 0.2) is 59.2 Å². The van der Waals surface area contributed by atoms with Gasteiger partial charge in [0.1, 0.15) is 11.5 Å². The van der Waals surface area contributed by atoms with Crippen molar-refractivity contribution in [3.8, 4) is 17.4 Å². The highest BCUT2D eigenvalue weighted by Crippen LogP contribution is 2.36. The molecule has 4 heteroatoms. The highest BCUT2D eigenvalue weighted by molar-refractivity contribution is 9.10. The maximum atomic E-state index is 5.89. The second-order valence-corrected chi connectivity index (χ2v) is 5.03. The van der Waals surface area contributed by atoms with Gasteiger partial charge in [-0.25, -0.2) is 4.98 Å². The number of pyridine rings is 1. The van der Waals surface area contributed by atoms with E-state index in [4.69, 9.17) is 9.47 Å². The molecule has 0 saturated carbocycles. The quantitative estimate of drug-likeness (QED) is 0.691. The number of fused-ring (bicyclic) bond motifs is 1. The molecule has 0 saturated heterocycles. The summed E-state index contributed by atoms with van der Waals surface area (Å²) in [5.74, 6) is 1.98. The van der Waals surface area contributed by atoms with Crippen LogP contribution in [0.25, 0.3) is 10.8 Å². The minimum atomic E-state index is 0.527. The molecule has 3 aromatic rings. The van der Waals surface area contributed by atoms with Gasteiger partial charge in [0, 0.05) is 12.3 Å². The standard InChI is InChI=1S/C16H12BrNO2/c1-19-15-10-12(8-9-18-15)20-14-7-6-11-4-2-3-5-13(11)16(14)17/h2-10H,1H3. The molecule has 0 atom stereocenters. The Morgan fingerprint density at radius 1 is 1.05 bits per heavy atom. The average molecular weight is 330 g/mol. The third-order valence-electron chi connectivity index (χ3n) is 2.97. The summed E-state index contributed by atoms with van der Waals surface area (Å²) < 4.78 is 11.9. The molecule has 1 aromatic heterocycles. The lowest BCUT2D eigenvalue weighted by atomic mass is 10.1. The monoisotopic (exact) mass is 329 g/mol. The first-order chi connectivity index (χ1) is 9.78. The lowest BCUT2D eigenvalue weighted by Gasteiger charge is -2.10. The molecule has 0 bridgehead atoms. The molecule has 0 fully saturated rings. The van der Waals surface area contributed by atoms with Gasteiger partial charge < -0.3 is 9.47 Å². The van der Waals surface area contributed by atoms with Crippen LogP contribution < -0.4 is 9.47 Å². The Kier molecular flexibility index (Phi) is 3.56. The lowest BCUT2D eigenvalue weighted by Crippen LogP contribution is -1.90. The molecule has 3 rings (SSSR count). The topological polar surface area (TPSA) is 31.4 Å². The molecule has 20 heavy (non-hydrogen) atoms. The van der Waals surface area contributed by atoms with Crippen molar-refractivity contribution in [3.63, 3.8) is 0 Å². The van der Waals surface area contributed by atoms with Gasteiger partial charge in [-0.05, 0) is 38.8 Å². The number of rotatable bonds is 3. The van der Waals surface area contributed by atoms with Gasteiger partial charge in [-0.3, -0.25) is 0 Å². The van der Waals surface area contributed by atoms with E-state index in [1.807, 2.05) is 24.3 Å². The fourth-order valence-corrected chi connectivity index (χ4v) is 2.56. The molecule has 0 amide bonds. The van der Waals surface area contributed by atoms with Crippen molar-refractivity contribution in [2.45, 2.75) is 0 Å². The molecule has 3 nitrogen and oxygen atoms in total. The Morgan fingerprint density at radius 3 is 2.75 bits per heavy atom. The zero-order valence-electron chi connectivity index (χ0n) is 10.8. The van der Waals surface area contributed by atoms with Crippen LogP contribution in [0, 0.1) is 0 Å². The van der Waals surface area contributed by atoms with E-state index in [2.05, 4.69) is 33.0 Å². The van der Waals surface area contributed by atoms with Gasteiger partial charge in [0.2, 0.25) is 5.88 Å². The lowest BCUT2D eigenvalue weighted by molar-refractivity contribution is 0.392. The van der Waals surface area contributed by atoms with E-state index in [1.165, 1.54) is 5.39 Å². The van der Waals surface area contributed by atoms with E-state index in [0.717, 1.165) is 15.6 Å². The summed E-state index contributed by atoms with van der Waals surface area (Å²) in [6.45, 7) is 0. The molecule has 0 spiro atoms. The normalized spacial score (nSPS) is 10.5. The van der Waals surface area contributed by atoms with Gasteiger partial charge in [-0.15, -0.1) is 0 Å². The van der Waals surface area contributed by atoms with Crippen molar-refractivity contribution in [1.29, 1.82) is 0 Å². The number of hydrogen-bond donors (Lipinski definition) is 0. The van der Waals surface area contributed by atoms with Crippen LogP contribution in [0.2, 0.25) is 0 Å². The van der Waals surface area contributed by atoms with E-state index < -0.39 is 0 Å². The summed E-state index contributed by atoms with van der Waals surface area (Å²) in [4.78, 5) is 4.06. The van der Waals surface area contributed by atoms with Gasteiger partial charge in [0.15, 0.2) is 0 Å². The molecule has 0 aliphatic carbocycles. The fourth-order valence-electron chi connectivity index (χ4n) is 1.99. The highest BCUT2D eigenvalue weighted by Gasteiger charge is 2.07. The van der Waals surface area contributed by atoms with Crippen molar-refractivity contribution in [2.75, 3.05) is 7.11 Å². The number of methoxy groups -OCH3 is 1. The Bertz CT molecular complexity index is 758. The SMILES string of the molecule is COc1cc(Oc2ccc3ccccc3c2Br)ccn1. The predicted molar refractivity (Wildman–Crippen MR) is 82.5 cm³/mol. The van der Waals surface area contributed by atoms with Crippen molar-refractivity contribution in [3.05, 3.63) is 59.2 Å². The molecule has 100 valence electrons. The van der Waals surface area contributed by atoms with Crippen LogP contribution in [-0.4, -0.2) is 12.1 Å². The molecule has 0 unspecified atom stereocenters. The summed E-state index contributed by atoms with van der Waals surface area (Å²) in [5.41, 5.74) is 0. The number of hydrogen-bond acceptors (Lipinski definition) is 3. The van der Waals surface area contributed by atoms with E-state index in [0.29, 0.717) is 11.6 Å². The zero-order chi connectivity index (χ0) is 13.9. The Labute approximate surface area is 125 Å². The third kappa shape index (κ3) is 2.47. The van der Waals surface area contributed by atoms with Gasteiger partial charge in [-0.1, -0.05) is 30.3 Å². The summed E-state index contributed by atoms with van der Waals surface area (Å²) >= 11 is 3.60. The number of nitrogens with zero attached hydrogens (tertiary/aromatic N) is 1. The van der Waals surface area contributed by atoms with Crippen LogP contribution >= 0.6 is 15.9 Å². The first-order valence-electron chi connectivity index (χ1n) is 6.13. The van der Waals surface area contributed by atoms with Gasteiger partial charge in [0.25, 0.3) is 0 Å². The minimum absolute atomic E-state index is 0.527. The van der Waals surface area contributed by atoms with Crippen molar-refractivity contribution < 1.29 is 9.47 Å². The van der Waals surface area contributed by atoms with Crippen LogP contribution in [-0.2, 0) is 0 Å². The summed E-state index contributed by atoms with van der Waals surface area (Å²) in [5, 5.41) is 2.28. The Balaban J connectivity index is 2.00. The number of aromatic nitrogens is 1. The van der Waals surface area contributed by atoms with Crippen LogP contribution in [0.1, 0.15) is 0 Å². The fraction of sp³-hybridized carbons (Fsp3) is 0.0625. The smallest absolute Gasteiger partial charge is 0.216 e. The van der Waals surface area contributed by atoms with Crippen LogP contribution in [0.3, 0.4) is 0 Å². The first-order valence-corrected chi connectivity index (χ1v) is 6.92. The zero-order valence-corrected chi connectivity index (χ0v) is 12.4. The maximum Gasteiger partial charge on any atom is 0.216 e. The van der Waals surface area contributed by atoms with Crippen LogP contribution in [0.4, 0.5) is 0 Å². The van der Waals surface area contributed by atoms with Crippen molar-refractivity contribution in [2.24, 2.45) is 0 Å². The molecule has 1 heterocycles. The second kappa shape index (κ2) is 5.51. The molecule has 0 aliphatic rings. The molecule has 0 N–H and O–H groups in total. The number of benzene rings is 2. The highest BCUT2D eigenvalue weighted by atomic mass is 79.9. The number of halogens is 1. The van der Waals surface area contributed by atoms with Crippen LogP contribution in [0.5, 0.6) is 17.4 Å². The maximum absolute atomic E-state index is 5.89. The number of ether oxygens (including phenoxy) is 2. The summed E-state index contributed by atoms with van der Waals surface area (Å²) in [6.07, 6.45) is 1.66. The van der Waals surface area contributed by atoms with Gasteiger partial charge in [0.05, 0.1) is 11.6 Å². The van der Waals surface area contributed by atoms with Gasteiger partial charge >= 0.3 is 0 Å². The second-order valence-electron chi connectivity index (χ2n) is 4.23. The van der Waals surface area contributed by atoms with E-state index in [-0.39, 0.29) is 0 Å². The minimum Gasteiger partial charge on any atom is -0.481 e. The molecule has 0 aliphatic heterocycles. The van der Waals surface area contributed by atoms with E-state index in [1.54, 1.807) is 25.4 Å². The Hall–Kier alpha value is -2.07. The molecular formula is C16H12BrNO2. The largest absolute Gasteiger partial charge is 0.481 e. The first kappa shape index (κ1) is 12.9. The van der Waals surface area contributed by atoms with E-state index >= 15 is 0 Å². The predicted octanol–water partition coefficient (Wildman–Crippen LogP) is 4.80. The Morgan fingerprint density at radius 2 is 1.90 bits per heavy atom. The van der Waals surface area contributed by atoms with Gasteiger partial charge in [-0.2, -0.15) is 0 Å². The summed E-state index contributed by atoms with van der Waals surface area (Å²) in [7, 11) is 1.58. The van der Waals surface area contributed by atoms with Crippen molar-refractivity contribution in [1.82, 2.24) is 4.98 Å². The molecular weight excluding hydrogens is 318 g/mol. The average Bonchev–Trinajstić information content (AvgIpc) is 2.50. The molecule has 0 radical (unpaired) electrons. The van der Waals surface area contributed by atoms with Crippen molar-refractivity contribution >= 4 is 26.7 Å². The molecule has 2 aromatic carbocycles. The summed E-state index contributed by atoms with van der Waals surface area (Å²) in [6, 6.07) is 15.7.